The van der Waals surface area contributed by atoms with Gasteiger partial charge >= 0.3 is 6.01 Å². The van der Waals surface area contributed by atoms with Gasteiger partial charge in [0.25, 0.3) is 5.88 Å². The number of hydrogen-bond acceptors (Lipinski definition) is 9. The van der Waals surface area contributed by atoms with Gasteiger partial charge in [0, 0.05) is 47.7 Å². The van der Waals surface area contributed by atoms with Crippen molar-refractivity contribution in [3.63, 3.8) is 0 Å². The van der Waals surface area contributed by atoms with E-state index in [1.165, 1.54) is 0 Å². The Labute approximate surface area is 251 Å². The third kappa shape index (κ3) is 6.12. The van der Waals surface area contributed by atoms with E-state index in [0.29, 0.717) is 54.7 Å². The molecule has 1 unspecified atom stereocenters. The van der Waals surface area contributed by atoms with Crippen LogP contribution < -0.4 is 24.4 Å². The van der Waals surface area contributed by atoms with Crippen LogP contribution in [0.5, 0.6) is 17.6 Å². The normalized spacial score (nSPS) is 22.2. The van der Waals surface area contributed by atoms with Crippen molar-refractivity contribution in [1.29, 1.82) is 5.26 Å². The maximum absolute atomic E-state index is 9.23. The van der Waals surface area contributed by atoms with Crippen molar-refractivity contribution in [2.24, 2.45) is 0 Å². The maximum atomic E-state index is 9.23. The molecule has 3 aromatic rings. The van der Waals surface area contributed by atoms with Gasteiger partial charge in [0.1, 0.15) is 13.2 Å². The van der Waals surface area contributed by atoms with Crippen molar-refractivity contribution in [2.45, 2.75) is 37.5 Å². The van der Waals surface area contributed by atoms with Crippen LogP contribution in [0, 0.1) is 11.3 Å². The zero-order chi connectivity index (χ0) is 26.1. The fourth-order valence-electron chi connectivity index (χ4n) is 5.58. The molecular weight excluding hydrogens is 575 g/mol. The molecule has 0 bridgehead atoms. The first-order valence-electron chi connectivity index (χ1n) is 13.2. The van der Waals surface area contributed by atoms with E-state index in [2.05, 4.69) is 33.2 Å². The van der Waals surface area contributed by atoms with Crippen LogP contribution in [-0.2, 0) is 0 Å². The average molecular weight is 608 g/mol. The molecule has 1 aromatic heterocycles. The number of nitrogens with zero attached hydrogens (tertiary/aromatic N) is 5. The molecule has 4 heterocycles. The van der Waals surface area contributed by atoms with Crippen molar-refractivity contribution in [2.75, 3.05) is 51.3 Å². The second kappa shape index (κ2) is 13.3. The summed E-state index contributed by atoms with van der Waals surface area (Å²) in [5.41, 5.74) is 0.949. The molecule has 3 aliphatic heterocycles. The first kappa shape index (κ1) is 30.2. The smallest absolute Gasteiger partial charge is 0.322 e. The minimum Gasteiger partial charge on any atom is -0.481 e. The Morgan fingerprint density at radius 2 is 2.00 bits per heavy atom. The number of likely N-dealkylation sites (N-methyl/N-ethyl adjacent to an activating group) is 1. The zero-order valence-electron chi connectivity index (χ0n) is 22.2. The highest BCUT2D eigenvalue weighted by Crippen LogP contribution is 2.44. The molecule has 2 saturated heterocycles. The van der Waals surface area contributed by atoms with Crippen molar-refractivity contribution < 1.29 is 14.2 Å². The van der Waals surface area contributed by atoms with Gasteiger partial charge in [0.15, 0.2) is 11.9 Å². The fourth-order valence-corrected chi connectivity index (χ4v) is 5.87. The lowest BCUT2D eigenvalue weighted by Crippen LogP contribution is -2.51. The number of ether oxygens (including phenoxy) is 3. The highest BCUT2D eigenvalue weighted by molar-refractivity contribution is 6.35. The molecule has 0 radical (unpaired) electrons. The largest absolute Gasteiger partial charge is 0.481 e. The van der Waals surface area contributed by atoms with Crippen LogP contribution in [0.1, 0.15) is 30.9 Å². The number of aromatic nitrogens is 2. The summed E-state index contributed by atoms with van der Waals surface area (Å²) in [4.78, 5) is 13.9. The van der Waals surface area contributed by atoms with Crippen molar-refractivity contribution in [3.05, 3.63) is 47.0 Å². The van der Waals surface area contributed by atoms with E-state index in [1.807, 2.05) is 36.4 Å². The van der Waals surface area contributed by atoms with Crippen molar-refractivity contribution in [3.8, 4) is 23.7 Å². The predicted octanol–water partition coefficient (Wildman–Crippen LogP) is 4.80. The van der Waals surface area contributed by atoms with Gasteiger partial charge in [0.05, 0.1) is 12.5 Å². The number of fused-ring (bicyclic) bond motifs is 2. The number of halogens is 3. The van der Waals surface area contributed by atoms with E-state index in [0.717, 1.165) is 48.8 Å². The average Bonchev–Trinajstić information content (AvgIpc) is 3.35. The molecule has 0 amide bonds. The summed E-state index contributed by atoms with van der Waals surface area (Å²) in [6.45, 7) is 3.98. The Bertz CT molecular complexity index is 1370. The first-order valence-corrected chi connectivity index (χ1v) is 13.6. The monoisotopic (exact) mass is 606 g/mol. The molecule has 0 saturated carbocycles. The quantitative estimate of drug-likeness (QED) is 0.424. The second-order valence-electron chi connectivity index (χ2n) is 10.1. The van der Waals surface area contributed by atoms with E-state index >= 15 is 0 Å². The Kier molecular flexibility index (Phi) is 10.0. The summed E-state index contributed by atoms with van der Waals surface area (Å²) in [5.74, 6) is 1.51. The van der Waals surface area contributed by atoms with Gasteiger partial charge in [-0.15, -0.1) is 24.8 Å². The summed E-state index contributed by atoms with van der Waals surface area (Å²) in [7, 11) is 2.12. The van der Waals surface area contributed by atoms with Gasteiger partial charge in [-0.2, -0.15) is 15.2 Å². The highest BCUT2D eigenvalue weighted by Gasteiger charge is 2.33. The SMILES string of the molecule is CN1CCC[C@H]1COc1nc2c(c(N3CCN[C@@H](CC#N)C3)n1)OCC(c1cccc3cccc(Cl)c13)O2.Cl.Cl. The van der Waals surface area contributed by atoms with E-state index in [1.54, 1.807) is 0 Å². The van der Waals surface area contributed by atoms with Gasteiger partial charge in [0.2, 0.25) is 5.75 Å². The molecule has 9 nitrogen and oxygen atoms in total. The van der Waals surface area contributed by atoms with Crippen molar-refractivity contribution >= 4 is 53.0 Å². The van der Waals surface area contributed by atoms with Crippen molar-refractivity contribution in [1.82, 2.24) is 20.2 Å². The first-order chi connectivity index (χ1) is 18.6. The Morgan fingerprint density at radius 3 is 2.77 bits per heavy atom. The summed E-state index contributed by atoms with van der Waals surface area (Å²) >= 11 is 6.61. The molecule has 214 valence electrons. The van der Waals surface area contributed by atoms with Gasteiger partial charge in [-0.05, 0) is 37.9 Å². The molecule has 6 rings (SSSR count). The second-order valence-corrected chi connectivity index (χ2v) is 10.5. The van der Waals surface area contributed by atoms with Crippen LogP contribution in [0.3, 0.4) is 0 Å². The van der Waals surface area contributed by atoms with Crippen LogP contribution in [0.25, 0.3) is 10.8 Å². The topological polar surface area (TPSA) is 95.8 Å². The number of nitriles is 1. The highest BCUT2D eigenvalue weighted by atomic mass is 35.5. The van der Waals surface area contributed by atoms with Crippen LogP contribution in [0.4, 0.5) is 5.82 Å². The molecule has 3 aliphatic rings. The Morgan fingerprint density at radius 1 is 1.18 bits per heavy atom. The Hall–Kier alpha value is -2.74. The molecule has 3 atom stereocenters. The molecule has 12 heteroatoms. The number of hydrogen-bond donors (Lipinski definition) is 1. The molecular formula is C28H33Cl3N6O3. The van der Waals surface area contributed by atoms with Gasteiger partial charge in [-0.3, -0.25) is 0 Å². The number of rotatable bonds is 6. The third-order valence-corrected chi connectivity index (χ3v) is 7.95. The third-order valence-electron chi connectivity index (χ3n) is 7.63. The van der Waals surface area contributed by atoms with Gasteiger partial charge in [-0.1, -0.05) is 41.9 Å². The van der Waals surface area contributed by atoms with Crippen LogP contribution in [0.15, 0.2) is 36.4 Å². The van der Waals surface area contributed by atoms with Crippen LogP contribution >= 0.6 is 36.4 Å². The van der Waals surface area contributed by atoms with Gasteiger partial charge in [-0.25, -0.2) is 0 Å². The number of likely N-dealkylation sites (tertiary alicyclic amines) is 1. The molecule has 2 aromatic carbocycles. The molecule has 0 spiro atoms. The fraction of sp³-hybridized carbons (Fsp3) is 0.464. The Balaban J connectivity index is 0.00000185. The van der Waals surface area contributed by atoms with E-state index in [9.17, 15) is 5.26 Å². The minimum atomic E-state index is -0.392. The zero-order valence-corrected chi connectivity index (χ0v) is 24.6. The number of nitrogens with one attached hydrogen (secondary N) is 1. The lowest BCUT2D eigenvalue weighted by Gasteiger charge is -2.36. The number of piperazine rings is 1. The van der Waals surface area contributed by atoms with E-state index in [-0.39, 0.29) is 36.9 Å². The maximum Gasteiger partial charge on any atom is 0.322 e. The molecule has 1 N–H and O–H groups in total. The lowest BCUT2D eigenvalue weighted by molar-refractivity contribution is 0.0831. The standard InChI is InChI=1S/C28H31ClN6O3.2ClH/c1-34-13-4-7-20(34)16-37-28-32-26(35-14-12-31-19(15-35)10-11-30)25-27(33-28)38-23(17-36-25)21-8-2-5-18-6-3-9-22(29)24(18)21;;/h2-3,5-6,8-9,19-20,23,31H,4,7,10,12-17H2,1H3;2*1H/t19-,20-,23?;;/m0../s1. The molecule has 40 heavy (non-hydrogen) atoms. The predicted molar refractivity (Wildman–Crippen MR) is 160 cm³/mol. The summed E-state index contributed by atoms with van der Waals surface area (Å²) in [6.07, 6.45) is 2.28. The summed E-state index contributed by atoms with van der Waals surface area (Å²) in [6, 6.07) is 14.8. The number of benzene rings is 2. The van der Waals surface area contributed by atoms with E-state index in [4.69, 9.17) is 30.8 Å². The van der Waals surface area contributed by atoms with Crippen LogP contribution in [0.2, 0.25) is 5.02 Å². The minimum absolute atomic E-state index is 0. The molecule has 2 fully saturated rings. The summed E-state index contributed by atoms with van der Waals surface area (Å²) < 4.78 is 19.0. The summed E-state index contributed by atoms with van der Waals surface area (Å²) in [5, 5.41) is 15.3. The van der Waals surface area contributed by atoms with Gasteiger partial charge < -0.3 is 29.3 Å². The number of anilines is 1. The van der Waals surface area contributed by atoms with Crippen LogP contribution in [-0.4, -0.2) is 73.4 Å². The van der Waals surface area contributed by atoms with E-state index < -0.39 is 6.10 Å². The lowest BCUT2D eigenvalue weighted by atomic mass is 10.00. The molecule has 0 aliphatic carbocycles.